The molecule has 9 heteroatoms. The molecule has 0 saturated carbocycles. The first-order chi connectivity index (χ1) is 25.2. The Hall–Kier alpha value is -4.30. The quantitative estimate of drug-likeness (QED) is 0.0700. The van der Waals surface area contributed by atoms with Gasteiger partial charge < -0.3 is 15.4 Å². The maximum absolute atomic E-state index is 13.3. The molecular formula is C43H57ClN4O4. The van der Waals surface area contributed by atoms with E-state index in [9.17, 15) is 14.4 Å². The smallest absolute Gasteiger partial charge is 0.273 e. The molecule has 1 atom stereocenters. The lowest BCUT2D eigenvalue weighted by molar-refractivity contribution is -0.122. The van der Waals surface area contributed by atoms with Gasteiger partial charge >= 0.3 is 0 Å². The van der Waals surface area contributed by atoms with E-state index < -0.39 is 12.0 Å². The summed E-state index contributed by atoms with van der Waals surface area (Å²) in [6.07, 6.45) is 18.1. The fourth-order valence-electron chi connectivity index (χ4n) is 6.49. The number of rotatable bonds is 22. The summed E-state index contributed by atoms with van der Waals surface area (Å²) in [5, 5.41) is 9.00. The molecule has 0 bridgehead atoms. The Balaban J connectivity index is 1.22. The van der Waals surface area contributed by atoms with Gasteiger partial charge in [-0.25, -0.2) is 4.68 Å². The van der Waals surface area contributed by atoms with Gasteiger partial charge in [0, 0.05) is 17.3 Å². The highest BCUT2D eigenvalue weighted by Crippen LogP contribution is 2.25. The van der Waals surface area contributed by atoms with Gasteiger partial charge in [0.15, 0.2) is 6.10 Å². The minimum Gasteiger partial charge on any atom is -0.481 e. The number of nitrogens with zero attached hydrogens (tertiary/aromatic N) is 1. The molecule has 0 radical (unpaired) electrons. The van der Waals surface area contributed by atoms with Crippen molar-refractivity contribution in [2.75, 3.05) is 10.6 Å². The molecule has 3 N–H and O–H groups in total. The fourth-order valence-corrected chi connectivity index (χ4v) is 6.69. The van der Waals surface area contributed by atoms with Crippen LogP contribution in [-0.4, -0.2) is 27.7 Å². The molecule has 1 aromatic heterocycles. The van der Waals surface area contributed by atoms with E-state index in [2.05, 4.69) is 28.7 Å². The fraction of sp³-hybridized carbons (Fsp3) is 0.465. The normalized spacial score (nSPS) is 11.7. The van der Waals surface area contributed by atoms with Crippen molar-refractivity contribution in [1.29, 1.82) is 0 Å². The Labute approximate surface area is 314 Å². The SMILES string of the molecule is CCCCCCCCCCCCCCCc1cccc(OC(CC)C(=O)Nc2cccc(C(=O)Nc3cc(=O)n(-c4cc(C)cc(C)c4Cl)[nH]3)c2)c1. The van der Waals surface area contributed by atoms with E-state index >= 15 is 0 Å². The van der Waals surface area contributed by atoms with Gasteiger partial charge in [-0.1, -0.05) is 127 Å². The van der Waals surface area contributed by atoms with Crippen LogP contribution in [0.25, 0.3) is 5.69 Å². The van der Waals surface area contributed by atoms with E-state index in [0.717, 1.165) is 24.0 Å². The zero-order valence-corrected chi connectivity index (χ0v) is 32.2. The third-order valence-corrected chi connectivity index (χ3v) is 9.88. The van der Waals surface area contributed by atoms with Crippen LogP contribution in [0.5, 0.6) is 5.75 Å². The average Bonchev–Trinajstić information content (AvgIpc) is 3.49. The van der Waals surface area contributed by atoms with Gasteiger partial charge in [-0.15, -0.1) is 0 Å². The molecule has 1 unspecified atom stereocenters. The van der Waals surface area contributed by atoms with Crippen LogP contribution in [0.1, 0.15) is 131 Å². The molecule has 52 heavy (non-hydrogen) atoms. The van der Waals surface area contributed by atoms with Crippen LogP contribution in [0, 0.1) is 13.8 Å². The van der Waals surface area contributed by atoms with Crippen LogP contribution < -0.4 is 20.9 Å². The number of halogens is 1. The highest BCUT2D eigenvalue weighted by atomic mass is 35.5. The van der Waals surface area contributed by atoms with Crippen molar-refractivity contribution >= 4 is 34.9 Å². The van der Waals surface area contributed by atoms with E-state index in [-0.39, 0.29) is 17.3 Å². The first kappa shape index (κ1) is 40.5. The Morgan fingerprint density at radius 3 is 2.12 bits per heavy atom. The maximum Gasteiger partial charge on any atom is 0.273 e. The number of aryl methyl sites for hydroxylation is 3. The first-order valence-electron chi connectivity index (χ1n) is 19.3. The molecule has 3 aromatic carbocycles. The van der Waals surface area contributed by atoms with E-state index in [1.165, 1.54) is 93.4 Å². The van der Waals surface area contributed by atoms with Gasteiger partial charge in [-0.05, 0) is 86.2 Å². The van der Waals surface area contributed by atoms with Crippen molar-refractivity contribution in [3.05, 3.63) is 104 Å². The van der Waals surface area contributed by atoms with Crippen molar-refractivity contribution in [2.45, 2.75) is 130 Å². The van der Waals surface area contributed by atoms with E-state index in [0.29, 0.717) is 34.1 Å². The summed E-state index contributed by atoms with van der Waals surface area (Å²) >= 11 is 6.47. The molecule has 4 aromatic rings. The summed E-state index contributed by atoms with van der Waals surface area (Å²) in [6.45, 7) is 7.97. The number of aromatic amines is 1. The standard InChI is InChI=1S/C43H57ClN4O4/c1-5-7-8-9-10-11-12-13-14-15-16-17-18-21-33-22-19-25-36(28-33)52-38(6-2)43(51)45-35-24-20-23-34(29-35)42(50)46-39-30-40(49)48(47-39)37-27-31(3)26-32(4)41(37)44/h19-20,22-30,38,47H,5-18,21H2,1-4H3,(H,45,51)(H,46,50). The highest BCUT2D eigenvalue weighted by Gasteiger charge is 2.20. The Bertz CT molecular complexity index is 1800. The number of carbonyl (C=O) groups is 2. The van der Waals surface area contributed by atoms with Gasteiger partial charge in [-0.3, -0.25) is 19.5 Å². The monoisotopic (exact) mass is 728 g/mol. The zero-order valence-electron chi connectivity index (χ0n) is 31.5. The molecule has 4 rings (SSSR count). The minimum absolute atomic E-state index is 0.218. The molecule has 1 heterocycles. The van der Waals surface area contributed by atoms with E-state index in [4.69, 9.17) is 16.3 Å². The Kier molecular flexibility index (Phi) is 16.6. The predicted molar refractivity (Wildman–Crippen MR) is 214 cm³/mol. The predicted octanol–water partition coefficient (Wildman–Crippen LogP) is 11.1. The van der Waals surface area contributed by atoms with Crippen molar-refractivity contribution in [2.24, 2.45) is 0 Å². The van der Waals surface area contributed by atoms with Crippen LogP contribution in [0.3, 0.4) is 0 Å². The average molecular weight is 729 g/mol. The number of H-pyrrole nitrogens is 1. The third kappa shape index (κ3) is 12.7. The van der Waals surface area contributed by atoms with Crippen molar-refractivity contribution < 1.29 is 14.3 Å². The summed E-state index contributed by atoms with van der Waals surface area (Å²) in [5.41, 5.74) is 3.92. The summed E-state index contributed by atoms with van der Waals surface area (Å²) < 4.78 is 7.45. The molecule has 0 aliphatic heterocycles. The van der Waals surface area contributed by atoms with E-state index in [1.54, 1.807) is 30.3 Å². The Morgan fingerprint density at radius 1 is 0.788 bits per heavy atom. The van der Waals surface area contributed by atoms with Crippen molar-refractivity contribution in [1.82, 2.24) is 9.78 Å². The molecule has 0 saturated heterocycles. The number of carbonyl (C=O) groups excluding carboxylic acids is 2. The second-order valence-corrected chi connectivity index (χ2v) is 14.3. The number of nitrogens with one attached hydrogen (secondary N) is 3. The Morgan fingerprint density at radius 2 is 1.44 bits per heavy atom. The molecule has 0 aliphatic rings. The molecular weight excluding hydrogens is 672 g/mol. The lowest BCUT2D eigenvalue weighted by Crippen LogP contribution is -2.32. The van der Waals surface area contributed by atoms with Gasteiger partial charge in [0.1, 0.15) is 11.6 Å². The molecule has 2 amide bonds. The molecule has 0 aliphatic carbocycles. The lowest BCUT2D eigenvalue weighted by atomic mass is 10.0. The topological polar surface area (TPSA) is 105 Å². The van der Waals surface area contributed by atoms with Crippen LogP contribution in [0.2, 0.25) is 5.02 Å². The summed E-state index contributed by atoms with van der Waals surface area (Å²) in [5.74, 6) is 0.147. The first-order valence-corrected chi connectivity index (χ1v) is 19.6. The van der Waals surface area contributed by atoms with Gasteiger partial charge in [0.05, 0.1) is 10.7 Å². The second kappa shape index (κ2) is 21.3. The lowest BCUT2D eigenvalue weighted by Gasteiger charge is -2.18. The summed E-state index contributed by atoms with van der Waals surface area (Å²) in [4.78, 5) is 39.2. The van der Waals surface area contributed by atoms with Gasteiger partial charge in [-0.2, -0.15) is 0 Å². The number of aromatic nitrogens is 2. The number of ether oxygens (including phenoxy) is 1. The summed E-state index contributed by atoms with van der Waals surface area (Å²) in [7, 11) is 0. The third-order valence-electron chi connectivity index (χ3n) is 9.39. The summed E-state index contributed by atoms with van der Waals surface area (Å²) in [6, 6.07) is 19.7. The van der Waals surface area contributed by atoms with Crippen LogP contribution >= 0.6 is 11.6 Å². The number of benzene rings is 3. The van der Waals surface area contributed by atoms with Crippen LogP contribution in [0.4, 0.5) is 11.5 Å². The molecule has 8 nitrogen and oxygen atoms in total. The van der Waals surface area contributed by atoms with Crippen LogP contribution in [0.15, 0.2) is 71.5 Å². The van der Waals surface area contributed by atoms with Gasteiger partial charge in [0.25, 0.3) is 17.4 Å². The largest absolute Gasteiger partial charge is 0.481 e. The van der Waals surface area contributed by atoms with Crippen molar-refractivity contribution in [3.63, 3.8) is 0 Å². The number of hydrogen-bond acceptors (Lipinski definition) is 4. The second-order valence-electron chi connectivity index (χ2n) is 13.9. The van der Waals surface area contributed by atoms with Crippen molar-refractivity contribution in [3.8, 4) is 11.4 Å². The molecule has 0 fully saturated rings. The molecule has 0 spiro atoms. The highest BCUT2D eigenvalue weighted by molar-refractivity contribution is 6.33. The van der Waals surface area contributed by atoms with Crippen LogP contribution in [-0.2, 0) is 11.2 Å². The number of anilines is 2. The number of unbranched alkanes of at least 4 members (excludes halogenated alkanes) is 12. The van der Waals surface area contributed by atoms with E-state index in [1.807, 2.05) is 45.0 Å². The van der Waals surface area contributed by atoms with Gasteiger partial charge in [0.2, 0.25) is 0 Å². The zero-order chi connectivity index (χ0) is 37.3. The minimum atomic E-state index is -0.703. The number of hydrogen-bond donors (Lipinski definition) is 3. The molecule has 280 valence electrons. The number of amides is 2. The maximum atomic E-state index is 13.3.